The van der Waals surface area contributed by atoms with Crippen LogP contribution in [0.15, 0.2) is 15.8 Å². The first-order valence-corrected chi connectivity index (χ1v) is 6.47. The molecule has 0 aliphatic heterocycles. The molecular weight excluding hydrogens is 248 g/mol. The van der Waals surface area contributed by atoms with Crippen LogP contribution in [0.25, 0.3) is 0 Å². The highest BCUT2D eigenvalue weighted by Crippen LogP contribution is 2.15. The Morgan fingerprint density at radius 2 is 2.11 bits per heavy atom. The van der Waals surface area contributed by atoms with Crippen molar-refractivity contribution in [3.8, 4) is 0 Å². The molecule has 1 aromatic heterocycles. The number of hydrogen-bond acceptors (Lipinski definition) is 4. The van der Waals surface area contributed by atoms with Crippen molar-refractivity contribution in [1.29, 1.82) is 0 Å². The number of aromatic nitrogens is 2. The molecule has 19 heavy (non-hydrogen) atoms. The standard InChI is InChI=1S/C13H20N2O4/c1-4-6-7-10(12(17)19-3)15-8-9(5-2)11(16)14-13(15)18/h8,10H,4-7H2,1-3H3,(H,14,16,18). The van der Waals surface area contributed by atoms with E-state index in [9.17, 15) is 14.4 Å². The molecule has 0 bridgehead atoms. The van der Waals surface area contributed by atoms with Crippen molar-refractivity contribution in [2.24, 2.45) is 0 Å². The van der Waals surface area contributed by atoms with E-state index >= 15 is 0 Å². The van der Waals surface area contributed by atoms with Crippen molar-refractivity contribution < 1.29 is 9.53 Å². The first-order chi connectivity index (χ1) is 9.04. The zero-order chi connectivity index (χ0) is 14.4. The van der Waals surface area contributed by atoms with Gasteiger partial charge in [0.05, 0.1) is 7.11 Å². The van der Waals surface area contributed by atoms with Gasteiger partial charge in [-0.1, -0.05) is 26.7 Å². The molecule has 0 amide bonds. The number of unbranched alkanes of at least 4 members (excludes halogenated alkanes) is 1. The molecule has 0 aliphatic carbocycles. The molecule has 0 aromatic carbocycles. The Kier molecular flexibility index (Phi) is 5.54. The number of aromatic amines is 1. The lowest BCUT2D eigenvalue weighted by Crippen LogP contribution is -2.37. The second-order valence-electron chi connectivity index (χ2n) is 4.36. The van der Waals surface area contributed by atoms with E-state index in [2.05, 4.69) is 4.98 Å². The Morgan fingerprint density at radius 1 is 1.42 bits per heavy atom. The monoisotopic (exact) mass is 268 g/mol. The maximum atomic E-state index is 11.8. The van der Waals surface area contributed by atoms with Gasteiger partial charge in [-0.25, -0.2) is 9.59 Å². The maximum Gasteiger partial charge on any atom is 0.329 e. The summed E-state index contributed by atoms with van der Waals surface area (Å²) in [5.74, 6) is -0.468. The van der Waals surface area contributed by atoms with Crippen molar-refractivity contribution >= 4 is 5.97 Å². The molecule has 6 heteroatoms. The number of rotatable bonds is 6. The molecule has 1 N–H and O–H groups in total. The Labute approximate surface area is 111 Å². The van der Waals surface area contributed by atoms with Gasteiger partial charge in [0, 0.05) is 11.8 Å². The van der Waals surface area contributed by atoms with E-state index in [0.717, 1.165) is 12.8 Å². The summed E-state index contributed by atoms with van der Waals surface area (Å²) in [4.78, 5) is 37.4. The van der Waals surface area contributed by atoms with Crippen molar-refractivity contribution in [2.45, 2.75) is 45.6 Å². The number of ether oxygens (including phenoxy) is 1. The third-order valence-corrected chi connectivity index (χ3v) is 3.06. The molecule has 0 aliphatic rings. The second-order valence-corrected chi connectivity index (χ2v) is 4.36. The predicted molar refractivity (Wildman–Crippen MR) is 71.3 cm³/mol. The lowest BCUT2D eigenvalue weighted by Gasteiger charge is -2.17. The van der Waals surface area contributed by atoms with E-state index in [1.807, 2.05) is 13.8 Å². The van der Waals surface area contributed by atoms with Gasteiger partial charge in [-0.05, 0) is 12.8 Å². The molecule has 0 saturated heterocycles. The van der Waals surface area contributed by atoms with Gasteiger partial charge in [-0.2, -0.15) is 0 Å². The van der Waals surface area contributed by atoms with Gasteiger partial charge in [0.1, 0.15) is 6.04 Å². The number of hydrogen-bond donors (Lipinski definition) is 1. The summed E-state index contributed by atoms with van der Waals surface area (Å²) in [6.07, 6.45) is 4.17. The van der Waals surface area contributed by atoms with Crippen molar-refractivity contribution in [3.05, 3.63) is 32.6 Å². The highest BCUT2D eigenvalue weighted by molar-refractivity contribution is 5.74. The van der Waals surface area contributed by atoms with E-state index in [-0.39, 0.29) is 0 Å². The fourth-order valence-corrected chi connectivity index (χ4v) is 1.91. The SMILES string of the molecule is CCCCC(C(=O)OC)n1cc(CC)c(=O)[nH]c1=O. The van der Waals surface area contributed by atoms with Crippen molar-refractivity contribution in [1.82, 2.24) is 9.55 Å². The van der Waals surface area contributed by atoms with E-state index in [1.165, 1.54) is 17.9 Å². The highest BCUT2D eigenvalue weighted by atomic mass is 16.5. The average Bonchev–Trinajstić information content (AvgIpc) is 2.40. The molecule has 0 radical (unpaired) electrons. The van der Waals surface area contributed by atoms with Gasteiger partial charge in [0.2, 0.25) is 0 Å². The quantitative estimate of drug-likeness (QED) is 0.780. The van der Waals surface area contributed by atoms with Crippen LogP contribution in [-0.2, 0) is 16.0 Å². The van der Waals surface area contributed by atoms with Gasteiger partial charge in [0.25, 0.3) is 5.56 Å². The van der Waals surface area contributed by atoms with Crippen molar-refractivity contribution in [3.63, 3.8) is 0 Å². The lowest BCUT2D eigenvalue weighted by molar-refractivity contribution is -0.145. The van der Waals surface area contributed by atoms with E-state index in [1.54, 1.807) is 0 Å². The molecule has 0 fully saturated rings. The van der Waals surface area contributed by atoms with E-state index in [4.69, 9.17) is 4.74 Å². The number of nitrogens with zero attached hydrogens (tertiary/aromatic N) is 1. The number of aryl methyl sites for hydroxylation is 1. The fraction of sp³-hybridized carbons (Fsp3) is 0.615. The molecule has 1 atom stereocenters. The number of esters is 1. The molecule has 1 rings (SSSR count). The molecule has 1 aromatic rings. The first kappa shape index (κ1) is 15.2. The van der Waals surface area contributed by atoms with Gasteiger partial charge in [-0.15, -0.1) is 0 Å². The van der Waals surface area contributed by atoms with Crippen LogP contribution < -0.4 is 11.2 Å². The minimum atomic E-state index is -0.681. The minimum Gasteiger partial charge on any atom is -0.467 e. The van der Waals surface area contributed by atoms with Gasteiger partial charge in [0.15, 0.2) is 0 Å². The van der Waals surface area contributed by atoms with Crippen molar-refractivity contribution in [2.75, 3.05) is 7.11 Å². The molecule has 0 spiro atoms. The second kappa shape index (κ2) is 6.92. The number of carbonyl (C=O) groups is 1. The summed E-state index contributed by atoms with van der Waals surface area (Å²) >= 11 is 0. The third-order valence-electron chi connectivity index (χ3n) is 3.06. The van der Waals surface area contributed by atoms with Crippen LogP contribution in [-0.4, -0.2) is 22.6 Å². The van der Waals surface area contributed by atoms with E-state index in [0.29, 0.717) is 18.4 Å². The zero-order valence-electron chi connectivity index (χ0n) is 11.6. The summed E-state index contributed by atoms with van der Waals surface area (Å²) < 4.78 is 6.00. The summed E-state index contributed by atoms with van der Waals surface area (Å²) in [5, 5.41) is 0. The summed E-state index contributed by atoms with van der Waals surface area (Å²) in [6, 6.07) is -0.681. The molecule has 106 valence electrons. The molecule has 1 unspecified atom stereocenters. The maximum absolute atomic E-state index is 11.8. The van der Waals surface area contributed by atoms with Crippen LogP contribution in [0.2, 0.25) is 0 Å². The molecule has 1 heterocycles. The summed E-state index contributed by atoms with van der Waals surface area (Å²) in [7, 11) is 1.29. The normalized spacial score (nSPS) is 12.2. The number of H-pyrrole nitrogens is 1. The van der Waals surface area contributed by atoms with Gasteiger partial charge >= 0.3 is 11.7 Å². The zero-order valence-corrected chi connectivity index (χ0v) is 11.6. The molecule has 0 saturated carbocycles. The Morgan fingerprint density at radius 3 is 2.63 bits per heavy atom. The largest absolute Gasteiger partial charge is 0.467 e. The Bertz CT molecular complexity index is 544. The lowest BCUT2D eigenvalue weighted by atomic mass is 10.1. The highest BCUT2D eigenvalue weighted by Gasteiger charge is 2.22. The number of carbonyl (C=O) groups excluding carboxylic acids is 1. The minimum absolute atomic E-state index is 0.400. The Hall–Kier alpha value is -1.85. The number of nitrogens with one attached hydrogen (secondary N) is 1. The van der Waals surface area contributed by atoms with Crippen LogP contribution in [0, 0.1) is 0 Å². The summed E-state index contributed by atoms with van der Waals surface area (Å²) in [5.41, 5.74) is -0.499. The Balaban J connectivity index is 3.25. The van der Waals surface area contributed by atoms with Gasteiger partial charge < -0.3 is 4.74 Å². The van der Waals surface area contributed by atoms with Crippen LogP contribution in [0.5, 0.6) is 0 Å². The topological polar surface area (TPSA) is 81.2 Å². The smallest absolute Gasteiger partial charge is 0.329 e. The fourth-order valence-electron chi connectivity index (χ4n) is 1.91. The van der Waals surface area contributed by atoms with Crippen LogP contribution in [0.1, 0.15) is 44.7 Å². The predicted octanol–water partition coefficient (Wildman–Crippen LogP) is 1.00. The third kappa shape index (κ3) is 3.56. The first-order valence-electron chi connectivity index (χ1n) is 6.47. The van der Waals surface area contributed by atoms with Crippen LogP contribution in [0.3, 0.4) is 0 Å². The van der Waals surface area contributed by atoms with Crippen LogP contribution >= 0.6 is 0 Å². The van der Waals surface area contributed by atoms with Crippen LogP contribution in [0.4, 0.5) is 0 Å². The average molecular weight is 268 g/mol. The summed E-state index contributed by atoms with van der Waals surface area (Å²) in [6.45, 7) is 3.82. The number of methoxy groups -OCH3 is 1. The molecular formula is C13H20N2O4. The van der Waals surface area contributed by atoms with Gasteiger partial charge in [-0.3, -0.25) is 14.3 Å². The van der Waals surface area contributed by atoms with E-state index < -0.39 is 23.3 Å². The molecule has 6 nitrogen and oxygen atoms in total.